The maximum absolute atomic E-state index is 9.24. The van der Waals surface area contributed by atoms with Gasteiger partial charge in [-0.15, -0.1) is 0 Å². The first kappa shape index (κ1) is 7.47. The number of aliphatic hydroxyl groups excluding tert-OH is 1. The van der Waals surface area contributed by atoms with E-state index in [0.29, 0.717) is 0 Å². The lowest BCUT2D eigenvalue weighted by Crippen LogP contribution is -2.50. The molecule has 0 saturated carbocycles. The van der Waals surface area contributed by atoms with E-state index in [2.05, 4.69) is 0 Å². The molecule has 56 valence electrons. The number of hydrogen-bond acceptors (Lipinski definition) is 3. The molecule has 0 heterocycles. The van der Waals surface area contributed by atoms with E-state index in [0.717, 1.165) is 0 Å². The molecular weight excluding hydrogens is 130 g/mol. The van der Waals surface area contributed by atoms with Crippen molar-refractivity contribution in [1.29, 1.82) is 0 Å². The Bertz CT molecular complexity index is 176. The summed E-state index contributed by atoms with van der Waals surface area (Å²) in [4.78, 5) is 0. The quantitative estimate of drug-likeness (QED) is 0.496. The zero-order valence-electron chi connectivity index (χ0n) is 5.82. The Morgan fingerprint density at radius 1 is 1.60 bits per heavy atom. The summed E-state index contributed by atoms with van der Waals surface area (Å²) >= 11 is 0. The van der Waals surface area contributed by atoms with Crippen LogP contribution in [0.3, 0.4) is 0 Å². The highest BCUT2D eigenvalue weighted by Crippen LogP contribution is 2.15. The van der Waals surface area contributed by atoms with Gasteiger partial charge in [0.05, 0.1) is 0 Å². The second-order valence-corrected chi connectivity index (χ2v) is 2.25. The second kappa shape index (κ2) is 2.54. The first-order valence-corrected chi connectivity index (χ1v) is 3.07. The van der Waals surface area contributed by atoms with Gasteiger partial charge in [0.15, 0.2) is 5.72 Å². The Morgan fingerprint density at radius 3 is 2.70 bits per heavy atom. The lowest BCUT2D eigenvalue weighted by Gasteiger charge is -2.29. The van der Waals surface area contributed by atoms with Gasteiger partial charge in [-0.05, 0) is 6.08 Å². The summed E-state index contributed by atoms with van der Waals surface area (Å²) in [5.41, 5.74) is 4.56. The molecule has 0 aromatic heterocycles. The molecule has 1 rings (SSSR count). The van der Waals surface area contributed by atoms with E-state index in [1.165, 1.54) is 7.11 Å². The Hall–Kier alpha value is -0.640. The van der Waals surface area contributed by atoms with Crippen molar-refractivity contribution in [3.63, 3.8) is 0 Å². The van der Waals surface area contributed by atoms with E-state index < -0.39 is 11.8 Å². The fourth-order valence-corrected chi connectivity index (χ4v) is 0.813. The molecule has 0 saturated heterocycles. The summed E-state index contributed by atoms with van der Waals surface area (Å²) < 4.78 is 4.88. The topological polar surface area (TPSA) is 55.5 Å². The first-order chi connectivity index (χ1) is 4.69. The molecule has 3 N–H and O–H groups in total. The van der Waals surface area contributed by atoms with Gasteiger partial charge in [0.25, 0.3) is 0 Å². The van der Waals surface area contributed by atoms with E-state index >= 15 is 0 Å². The predicted molar refractivity (Wildman–Crippen MR) is 38.2 cm³/mol. The Morgan fingerprint density at radius 2 is 2.30 bits per heavy atom. The van der Waals surface area contributed by atoms with Crippen molar-refractivity contribution in [2.45, 2.75) is 11.8 Å². The van der Waals surface area contributed by atoms with Crippen molar-refractivity contribution in [3.8, 4) is 0 Å². The highest BCUT2D eigenvalue weighted by atomic mass is 16.5. The normalized spacial score (nSPS) is 38.5. The van der Waals surface area contributed by atoms with Gasteiger partial charge in [-0.3, -0.25) is 5.73 Å². The number of ether oxygens (including phenoxy) is 1. The van der Waals surface area contributed by atoms with Crippen LogP contribution in [0.4, 0.5) is 0 Å². The van der Waals surface area contributed by atoms with Gasteiger partial charge < -0.3 is 9.84 Å². The molecule has 10 heavy (non-hydrogen) atoms. The largest absolute Gasteiger partial charge is 0.384 e. The van der Waals surface area contributed by atoms with Crippen molar-refractivity contribution in [1.82, 2.24) is 0 Å². The monoisotopic (exact) mass is 141 g/mol. The van der Waals surface area contributed by atoms with Gasteiger partial charge in [0.2, 0.25) is 0 Å². The minimum absolute atomic E-state index is 0.748. The van der Waals surface area contributed by atoms with Gasteiger partial charge in [-0.25, -0.2) is 0 Å². The second-order valence-electron chi connectivity index (χ2n) is 2.25. The summed E-state index contributed by atoms with van der Waals surface area (Å²) in [6.45, 7) is 0. The minimum atomic E-state index is -1.03. The molecule has 0 radical (unpaired) electrons. The van der Waals surface area contributed by atoms with Gasteiger partial charge in [0, 0.05) is 7.11 Å². The zero-order valence-corrected chi connectivity index (χ0v) is 5.82. The van der Waals surface area contributed by atoms with Crippen molar-refractivity contribution >= 4 is 0 Å². The SMILES string of the molecule is COC1(N)C=CC=CC1O. The molecule has 2 unspecified atom stereocenters. The lowest BCUT2D eigenvalue weighted by molar-refractivity contribution is -0.0446. The molecule has 0 aliphatic heterocycles. The van der Waals surface area contributed by atoms with Crippen LogP contribution in [0.5, 0.6) is 0 Å². The van der Waals surface area contributed by atoms with Gasteiger partial charge in [-0.1, -0.05) is 18.2 Å². The fourth-order valence-electron chi connectivity index (χ4n) is 0.813. The predicted octanol–water partition coefficient (Wildman–Crippen LogP) is -0.225. The van der Waals surface area contributed by atoms with Crippen LogP contribution in [0.25, 0.3) is 0 Å². The lowest BCUT2D eigenvalue weighted by atomic mass is 10.0. The van der Waals surface area contributed by atoms with Crippen LogP contribution < -0.4 is 5.73 Å². The molecule has 0 aromatic carbocycles. The minimum Gasteiger partial charge on any atom is -0.384 e. The van der Waals surface area contributed by atoms with Crippen LogP contribution in [0.2, 0.25) is 0 Å². The number of methoxy groups -OCH3 is 1. The number of rotatable bonds is 1. The standard InChI is InChI=1S/C7H11NO2/c1-10-7(8)5-3-2-4-6(7)9/h2-6,9H,8H2,1H3. The van der Waals surface area contributed by atoms with Crippen molar-refractivity contribution < 1.29 is 9.84 Å². The average molecular weight is 141 g/mol. The maximum atomic E-state index is 9.24. The molecule has 0 spiro atoms. The third-order valence-corrected chi connectivity index (χ3v) is 1.58. The van der Waals surface area contributed by atoms with Crippen LogP contribution in [-0.4, -0.2) is 24.0 Å². The molecule has 0 aromatic rings. The van der Waals surface area contributed by atoms with Gasteiger partial charge >= 0.3 is 0 Å². The summed E-state index contributed by atoms with van der Waals surface area (Å²) in [5.74, 6) is 0. The zero-order chi connectivity index (χ0) is 7.61. The molecule has 3 nitrogen and oxygen atoms in total. The van der Waals surface area contributed by atoms with E-state index in [9.17, 15) is 5.11 Å². The molecule has 1 aliphatic rings. The molecule has 2 atom stereocenters. The molecule has 0 bridgehead atoms. The molecular formula is C7H11NO2. The van der Waals surface area contributed by atoms with E-state index in [1.54, 1.807) is 24.3 Å². The van der Waals surface area contributed by atoms with Gasteiger partial charge in [0.1, 0.15) is 6.10 Å². The van der Waals surface area contributed by atoms with Crippen LogP contribution in [-0.2, 0) is 4.74 Å². The summed E-state index contributed by atoms with van der Waals surface area (Å²) in [6.07, 6.45) is 5.94. The maximum Gasteiger partial charge on any atom is 0.165 e. The average Bonchev–Trinajstić information content (AvgIpc) is 1.96. The van der Waals surface area contributed by atoms with E-state index in [4.69, 9.17) is 10.5 Å². The highest BCUT2D eigenvalue weighted by Gasteiger charge is 2.29. The summed E-state index contributed by atoms with van der Waals surface area (Å²) in [5, 5.41) is 9.24. The van der Waals surface area contributed by atoms with Crippen LogP contribution in [0.1, 0.15) is 0 Å². The Balaban J connectivity index is 2.77. The number of nitrogens with two attached hydrogens (primary N) is 1. The Kier molecular flexibility index (Phi) is 1.89. The number of hydrogen-bond donors (Lipinski definition) is 2. The summed E-state index contributed by atoms with van der Waals surface area (Å²) in [6, 6.07) is 0. The molecule has 0 fully saturated rings. The third-order valence-electron chi connectivity index (χ3n) is 1.58. The Labute approximate surface area is 59.8 Å². The smallest absolute Gasteiger partial charge is 0.165 e. The van der Waals surface area contributed by atoms with E-state index in [-0.39, 0.29) is 0 Å². The molecule has 0 amide bonds. The summed E-state index contributed by atoms with van der Waals surface area (Å²) in [7, 11) is 1.46. The van der Waals surface area contributed by atoms with Crippen molar-refractivity contribution in [2.75, 3.05) is 7.11 Å². The first-order valence-electron chi connectivity index (χ1n) is 3.07. The van der Waals surface area contributed by atoms with Crippen LogP contribution in [0, 0.1) is 0 Å². The number of allylic oxidation sites excluding steroid dienone is 2. The van der Waals surface area contributed by atoms with Crippen LogP contribution in [0.15, 0.2) is 24.3 Å². The van der Waals surface area contributed by atoms with Crippen molar-refractivity contribution in [3.05, 3.63) is 24.3 Å². The number of aliphatic hydroxyl groups is 1. The fraction of sp³-hybridized carbons (Fsp3) is 0.429. The highest BCUT2D eigenvalue weighted by molar-refractivity contribution is 5.21. The molecule has 1 aliphatic carbocycles. The van der Waals surface area contributed by atoms with Crippen LogP contribution >= 0.6 is 0 Å². The van der Waals surface area contributed by atoms with Gasteiger partial charge in [-0.2, -0.15) is 0 Å². The van der Waals surface area contributed by atoms with E-state index in [1.807, 2.05) is 0 Å². The third kappa shape index (κ3) is 1.11. The molecule has 3 heteroatoms. The van der Waals surface area contributed by atoms with Crippen molar-refractivity contribution in [2.24, 2.45) is 5.73 Å².